The van der Waals surface area contributed by atoms with Gasteiger partial charge in [-0.2, -0.15) is 5.10 Å². The van der Waals surface area contributed by atoms with Crippen molar-refractivity contribution in [2.45, 2.75) is 5.16 Å². The molecule has 86 valence electrons. The van der Waals surface area contributed by atoms with Gasteiger partial charge in [0.2, 0.25) is 5.16 Å². The third-order valence-electron chi connectivity index (χ3n) is 2.10. The molecule has 0 atom stereocenters. The summed E-state index contributed by atoms with van der Waals surface area (Å²) in [5.41, 5.74) is 1.49. The Labute approximate surface area is 101 Å². The van der Waals surface area contributed by atoms with Gasteiger partial charge in [0, 0.05) is 17.7 Å². The van der Waals surface area contributed by atoms with Crippen LogP contribution in [-0.2, 0) is 0 Å². The molecule has 2 aromatic rings. The van der Waals surface area contributed by atoms with Crippen LogP contribution in [-0.4, -0.2) is 26.4 Å². The molecule has 1 aromatic carbocycles. The third-order valence-corrected chi connectivity index (χ3v) is 2.63. The van der Waals surface area contributed by atoms with Crippen LogP contribution < -0.4 is 0 Å². The van der Waals surface area contributed by atoms with Crippen LogP contribution in [0.25, 0.3) is 11.3 Å². The first-order valence-corrected chi connectivity index (χ1v) is 5.91. The molecule has 0 saturated heterocycles. The van der Waals surface area contributed by atoms with Crippen molar-refractivity contribution < 1.29 is 4.92 Å². The van der Waals surface area contributed by atoms with E-state index in [1.54, 1.807) is 12.1 Å². The summed E-state index contributed by atoms with van der Waals surface area (Å²) in [4.78, 5) is 14.3. The predicted octanol–water partition coefficient (Wildman–Crippen LogP) is 2.17. The number of aromatic nitrogens is 3. The maximum atomic E-state index is 10.5. The van der Waals surface area contributed by atoms with Gasteiger partial charge in [0.05, 0.1) is 16.8 Å². The van der Waals surface area contributed by atoms with E-state index in [0.29, 0.717) is 10.9 Å². The summed E-state index contributed by atoms with van der Waals surface area (Å²) in [5, 5.41) is 18.7. The van der Waals surface area contributed by atoms with Crippen molar-refractivity contribution in [3.8, 4) is 11.3 Å². The van der Waals surface area contributed by atoms with Gasteiger partial charge in [-0.15, -0.1) is 5.10 Å². The lowest BCUT2D eigenvalue weighted by atomic mass is 10.1. The molecule has 0 radical (unpaired) electrons. The largest absolute Gasteiger partial charge is 0.269 e. The minimum Gasteiger partial charge on any atom is -0.258 e. The topological polar surface area (TPSA) is 81.8 Å². The van der Waals surface area contributed by atoms with E-state index in [-0.39, 0.29) is 5.69 Å². The average Bonchev–Trinajstić information content (AvgIpc) is 2.39. The molecule has 0 unspecified atom stereocenters. The first kappa shape index (κ1) is 11.5. The molecule has 1 aromatic heterocycles. The fourth-order valence-electron chi connectivity index (χ4n) is 1.27. The second-order valence-electron chi connectivity index (χ2n) is 3.13. The van der Waals surface area contributed by atoms with Gasteiger partial charge in [-0.1, -0.05) is 11.8 Å². The second-order valence-corrected chi connectivity index (χ2v) is 3.91. The zero-order valence-corrected chi connectivity index (χ0v) is 9.72. The van der Waals surface area contributed by atoms with E-state index in [9.17, 15) is 10.1 Å². The fourth-order valence-corrected chi connectivity index (χ4v) is 1.59. The Balaban J connectivity index is 2.36. The Hall–Kier alpha value is -2.02. The van der Waals surface area contributed by atoms with Crippen LogP contribution in [0.5, 0.6) is 0 Å². The molecule has 6 nitrogen and oxygen atoms in total. The second kappa shape index (κ2) is 4.88. The molecule has 2 rings (SSSR count). The number of thioether (sulfide) groups is 1. The first-order valence-electron chi connectivity index (χ1n) is 4.69. The maximum Gasteiger partial charge on any atom is 0.269 e. The molecule has 0 aliphatic carbocycles. The Bertz CT molecular complexity index is 544. The number of nitro groups is 1. The molecule has 0 fully saturated rings. The Morgan fingerprint density at radius 2 is 2.00 bits per heavy atom. The highest BCUT2D eigenvalue weighted by Crippen LogP contribution is 2.21. The van der Waals surface area contributed by atoms with Gasteiger partial charge >= 0.3 is 0 Å². The van der Waals surface area contributed by atoms with E-state index < -0.39 is 4.92 Å². The molecule has 7 heteroatoms. The molecule has 0 N–H and O–H groups in total. The van der Waals surface area contributed by atoms with Crippen molar-refractivity contribution >= 4 is 17.4 Å². The highest BCUT2D eigenvalue weighted by Gasteiger charge is 2.07. The molecular formula is C10H8N4O2S. The minimum absolute atomic E-state index is 0.0563. The first-order chi connectivity index (χ1) is 8.20. The van der Waals surface area contributed by atoms with Crippen molar-refractivity contribution in [2.24, 2.45) is 0 Å². The third kappa shape index (κ3) is 2.56. The van der Waals surface area contributed by atoms with Crippen molar-refractivity contribution in [2.75, 3.05) is 6.26 Å². The van der Waals surface area contributed by atoms with E-state index in [0.717, 1.165) is 5.56 Å². The molecule has 0 saturated carbocycles. The summed E-state index contributed by atoms with van der Waals surface area (Å²) < 4.78 is 0. The number of nitro benzene ring substituents is 1. The smallest absolute Gasteiger partial charge is 0.258 e. The lowest BCUT2D eigenvalue weighted by Crippen LogP contribution is -1.93. The maximum absolute atomic E-state index is 10.5. The fraction of sp³-hybridized carbons (Fsp3) is 0.100. The number of hydrogen-bond donors (Lipinski definition) is 0. The van der Waals surface area contributed by atoms with Gasteiger partial charge in [0.15, 0.2) is 0 Å². The lowest BCUT2D eigenvalue weighted by Gasteiger charge is -2.00. The van der Waals surface area contributed by atoms with Crippen LogP contribution in [0.2, 0.25) is 0 Å². The summed E-state index contributed by atoms with van der Waals surface area (Å²) in [6.07, 6.45) is 3.39. The number of hydrogen-bond acceptors (Lipinski definition) is 6. The van der Waals surface area contributed by atoms with Crippen LogP contribution in [0.4, 0.5) is 5.69 Å². The summed E-state index contributed by atoms with van der Waals surface area (Å²) >= 11 is 1.39. The molecule has 17 heavy (non-hydrogen) atoms. The standard InChI is InChI=1S/C10H8N4O2S/c1-17-10-12-9(6-11-13-10)7-2-4-8(5-3-7)14(15)16/h2-6H,1H3. The summed E-state index contributed by atoms with van der Waals surface area (Å²) in [6.45, 7) is 0. The van der Waals surface area contributed by atoms with Crippen LogP contribution >= 0.6 is 11.8 Å². The Morgan fingerprint density at radius 1 is 1.29 bits per heavy atom. The molecule has 0 aliphatic rings. The van der Waals surface area contributed by atoms with Crippen LogP contribution in [0.1, 0.15) is 0 Å². The zero-order chi connectivity index (χ0) is 12.3. The lowest BCUT2D eigenvalue weighted by molar-refractivity contribution is -0.384. The van der Waals surface area contributed by atoms with Gasteiger partial charge in [-0.3, -0.25) is 10.1 Å². The predicted molar refractivity (Wildman–Crippen MR) is 63.7 cm³/mol. The molecule has 1 heterocycles. The molecule has 0 spiro atoms. The molecular weight excluding hydrogens is 240 g/mol. The number of benzene rings is 1. The quantitative estimate of drug-likeness (QED) is 0.470. The van der Waals surface area contributed by atoms with E-state index in [2.05, 4.69) is 15.2 Å². The molecule has 0 aliphatic heterocycles. The monoisotopic (exact) mass is 248 g/mol. The van der Waals surface area contributed by atoms with Crippen LogP contribution in [0.15, 0.2) is 35.6 Å². The molecule has 0 bridgehead atoms. The summed E-state index contributed by atoms with van der Waals surface area (Å²) in [5.74, 6) is 0. The van der Waals surface area contributed by atoms with Crippen LogP contribution in [0, 0.1) is 10.1 Å². The van der Waals surface area contributed by atoms with E-state index in [1.165, 1.54) is 30.1 Å². The van der Waals surface area contributed by atoms with Gasteiger partial charge in [0.25, 0.3) is 5.69 Å². The van der Waals surface area contributed by atoms with E-state index in [4.69, 9.17) is 0 Å². The van der Waals surface area contributed by atoms with E-state index in [1.807, 2.05) is 6.26 Å². The summed E-state index contributed by atoms with van der Waals surface area (Å²) in [6, 6.07) is 6.17. The van der Waals surface area contributed by atoms with Gasteiger partial charge < -0.3 is 0 Å². The minimum atomic E-state index is -0.435. The summed E-state index contributed by atoms with van der Waals surface area (Å²) in [7, 11) is 0. The van der Waals surface area contributed by atoms with Crippen molar-refractivity contribution in [1.29, 1.82) is 0 Å². The molecule has 0 amide bonds. The van der Waals surface area contributed by atoms with E-state index >= 15 is 0 Å². The SMILES string of the molecule is CSc1nncc(-c2ccc([N+](=O)[O-])cc2)n1. The zero-order valence-electron chi connectivity index (χ0n) is 8.90. The van der Waals surface area contributed by atoms with Crippen molar-refractivity contribution in [3.05, 3.63) is 40.6 Å². The number of non-ortho nitro benzene ring substituents is 1. The average molecular weight is 248 g/mol. The van der Waals surface area contributed by atoms with Gasteiger partial charge in [0.1, 0.15) is 0 Å². The van der Waals surface area contributed by atoms with Crippen molar-refractivity contribution in [1.82, 2.24) is 15.2 Å². The van der Waals surface area contributed by atoms with Crippen LogP contribution in [0.3, 0.4) is 0 Å². The van der Waals surface area contributed by atoms with Gasteiger partial charge in [-0.25, -0.2) is 4.98 Å². The Morgan fingerprint density at radius 3 is 2.59 bits per heavy atom. The van der Waals surface area contributed by atoms with Gasteiger partial charge in [-0.05, 0) is 18.4 Å². The Kier molecular flexibility index (Phi) is 3.29. The number of rotatable bonds is 3. The highest BCUT2D eigenvalue weighted by atomic mass is 32.2. The highest BCUT2D eigenvalue weighted by molar-refractivity contribution is 7.98. The van der Waals surface area contributed by atoms with Crippen molar-refractivity contribution in [3.63, 3.8) is 0 Å². The normalized spacial score (nSPS) is 10.2. The number of nitrogens with zero attached hydrogens (tertiary/aromatic N) is 4.